The van der Waals surface area contributed by atoms with Crippen molar-refractivity contribution in [3.63, 3.8) is 0 Å². The molecule has 6 nitrogen and oxygen atoms in total. The van der Waals surface area contributed by atoms with Crippen LogP contribution in [0.4, 0.5) is 4.39 Å². The number of carbonyl (C=O) groups excluding carboxylic acids is 1. The van der Waals surface area contributed by atoms with Gasteiger partial charge in [0, 0.05) is 39.6 Å². The number of fused-ring (bicyclic) bond motifs is 3. The number of nitrogens with two attached hydrogens (primary N) is 1. The highest BCUT2D eigenvalue weighted by molar-refractivity contribution is 14.1. The molecule has 0 fully saturated rings. The minimum Gasteiger partial charge on any atom is -0.387 e. The van der Waals surface area contributed by atoms with E-state index in [0.717, 1.165) is 31.7 Å². The molecule has 30 heavy (non-hydrogen) atoms. The summed E-state index contributed by atoms with van der Waals surface area (Å²) in [5, 5.41) is 18.0. The first-order valence-corrected chi connectivity index (χ1v) is 12.0. The fourth-order valence-electron chi connectivity index (χ4n) is 3.73. The summed E-state index contributed by atoms with van der Waals surface area (Å²) in [4.78, 5) is 14.3. The SMILES string of the molecule is NC[C@H](Cc1cccc(F)c1)NC(=O)c1cc2c(s1)C(O)CCn1ncc(CI)c1-2. The molecule has 0 bridgehead atoms. The Labute approximate surface area is 191 Å². The number of hydrogen-bond donors (Lipinski definition) is 3. The van der Waals surface area contributed by atoms with Crippen LogP contribution in [-0.4, -0.2) is 33.4 Å². The molecule has 2 aromatic heterocycles. The monoisotopic (exact) mass is 540 g/mol. The Balaban J connectivity index is 1.59. The third-order valence-electron chi connectivity index (χ3n) is 5.21. The van der Waals surface area contributed by atoms with Crippen molar-refractivity contribution < 1.29 is 14.3 Å². The lowest BCUT2D eigenvalue weighted by Gasteiger charge is -2.16. The maximum Gasteiger partial charge on any atom is 0.261 e. The van der Waals surface area contributed by atoms with Crippen molar-refractivity contribution in [2.24, 2.45) is 5.73 Å². The number of aliphatic hydroxyl groups is 1. The summed E-state index contributed by atoms with van der Waals surface area (Å²) in [6, 6.07) is 7.81. The van der Waals surface area contributed by atoms with E-state index >= 15 is 0 Å². The molecule has 1 aliphatic rings. The van der Waals surface area contributed by atoms with E-state index in [1.165, 1.54) is 23.5 Å². The van der Waals surface area contributed by atoms with Crippen LogP contribution in [0.5, 0.6) is 0 Å². The number of benzene rings is 1. The lowest BCUT2D eigenvalue weighted by molar-refractivity contribution is 0.0942. The molecular weight excluding hydrogens is 518 g/mol. The number of nitrogens with one attached hydrogen (secondary N) is 1. The Bertz CT molecular complexity index is 1070. The predicted octanol–water partition coefficient (Wildman–Crippen LogP) is 3.42. The van der Waals surface area contributed by atoms with Crippen LogP contribution >= 0.6 is 33.9 Å². The molecule has 1 unspecified atom stereocenters. The standard InChI is InChI=1S/C21H22FIN4O2S/c22-14-3-1-2-12(6-14)7-15(10-24)26-21(29)18-8-16-19-13(9-23)11-25-27(19)5-4-17(28)20(16)30-18/h1-3,6,8,11,15,17,28H,4-5,7,9-10,24H2,(H,26,29)/t15-,17?/m0/s1. The van der Waals surface area contributed by atoms with Crippen LogP contribution in [0.1, 0.15) is 38.2 Å². The van der Waals surface area contributed by atoms with Crippen molar-refractivity contribution in [1.29, 1.82) is 0 Å². The van der Waals surface area contributed by atoms with E-state index in [1.807, 2.05) is 23.0 Å². The van der Waals surface area contributed by atoms with Crippen molar-refractivity contribution in [3.05, 3.63) is 63.2 Å². The zero-order valence-corrected chi connectivity index (χ0v) is 19.1. The van der Waals surface area contributed by atoms with Gasteiger partial charge in [-0.2, -0.15) is 5.10 Å². The number of rotatable bonds is 6. The lowest BCUT2D eigenvalue weighted by Crippen LogP contribution is -2.41. The topological polar surface area (TPSA) is 93.2 Å². The predicted molar refractivity (Wildman–Crippen MR) is 123 cm³/mol. The van der Waals surface area contributed by atoms with Crippen LogP contribution < -0.4 is 11.1 Å². The van der Waals surface area contributed by atoms with Gasteiger partial charge in [-0.25, -0.2) is 4.39 Å². The summed E-state index contributed by atoms with van der Waals surface area (Å²) >= 11 is 3.60. The third kappa shape index (κ3) is 4.29. The van der Waals surface area contributed by atoms with E-state index in [-0.39, 0.29) is 24.3 Å². The van der Waals surface area contributed by atoms with Crippen LogP contribution in [0.15, 0.2) is 36.5 Å². The molecular formula is C21H22FIN4O2S. The summed E-state index contributed by atoms with van der Waals surface area (Å²) in [6.07, 6.45) is 2.21. The second-order valence-electron chi connectivity index (χ2n) is 7.31. The lowest BCUT2D eigenvalue weighted by atomic mass is 10.1. The Hall–Kier alpha value is -1.82. The molecule has 0 radical (unpaired) electrons. The van der Waals surface area contributed by atoms with Crippen molar-refractivity contribution >= 4 is 39.8 Å². The first-order chi connectivity index (χ1) is 14.5. The molecule has 3 aromatic rings. The number of aliphatic hydroxyl groups excluding tert-OH is 1. The van der Waals surface area contributed by atoms with Gasteiger partial charge in [0.15, 0.2) is 0 Å². The normalized spacial score (nSPS) is 16.5. The average Bonchev–Trinajstić information content (AvgIpc) is 3.32. The summed E-state index contributed by atoms with van der Waals surface area (Å²) in [6.45, 7) is 0.876. The van der Waals surface area contributed by atoms with Gasteiger partial charge in [-0.3, -0.25) is 9.48 Å². The Kier molecular flexibility index (Phi) is 6.51. The molecule has 158 valence electrons. The second kappa shape index (κ2) is 9.13. The van der Waals surface area contributed by atoms with Crippen LogP contribution in [0, 0.1) is 5.82 Å². The molecule has 0 aliphatic carbocycles. The summed E-state index contributed by atoms with van der Waals surface area (Å²) in [5.41, 5.74) is 9.56. The van der Waals surface area contributed by atoms with Crippen LogP contribution in [-0.2, 0) is 17.4 Å². The quantitative estimate of drug-likeness (QED) is 0.330. The van der Waals surface area contributed by atoms with E-state index in [9.17, 15) is 14.3 Å². The summed E-state index contributed by atoms with van der Waals surface area (Å²) < 4.78 is 16.2. The molecule has 0 spiro atoms. The highest BCUT2D eigenvalue weighted by atomic mass is 127. The second-order valence-corrected chi connectivity index (χ2v) is 9.15. The third-order valence-corrected chi connectivity index (χ3v) is 7.26. The van der Waals surface area contributed by atoms with Gasteiger partial charge < -0.3 is 16.2 Å². The molecule has 3 heterocycles. The molecule has 9 heteroatoms. The molecule has 4 rings (SSSR count). The highest BCUT2D eigenvalue weighted by Crippen LogP contribution is 2.41. The van der Waals surface area contributed by atoms with Crippen molar-refractivity contribution in [1.82, 2.24) is 15.1 Å². The first-order valence-electron chi connectivity index (χ1n) is 9.68. The van der Waals surface area contributed by atoms with Crippen LogP contribution in [0.3, 0.4) is 0 Å². The number of alkyl halides is 1. The van der Waals surface area contributed by atoms with Crippen molar-refractivity contribution in [3.8, 4) is 11.3 Å². The molecule has 2 atom stereocenters. The number of carbonyl (C=O) groups is 1. The Morgan fingerprint density at radius 1 is 1.47 bits per heavy atom. The van der Waals surface area contributed by atoms with Crippen molar-refractivity contribution in [2.75, 3.05) is 6.54 Å². The van der Waals surface area contributed by atoms with Crippen LogP contribution in [0.25, 0.3) is 11.3 Å². The molecule has 0 saturated heterocycles. The van der Waals surface area contributed by atoms with E-state index in [0.29, 0.717) is 24.3 Å². The zero-order valence-electron chi connectivity index (χ0n) is 16.1. The summed E-state index contributed by atoms with van der Waals surface area (Å²) in [7, 11) is 0. The van der Waals surface area contributed by atoms with E-state index < -0.39 is 6.10 Å². The van der Waals surface area contributed by atoms with Gasteiger partial charge in [0.1, 0.15) is 5.82 Å². The minimum atomic E-state index is -0.632. The number of thiophene rings is 1. The molecule has 0 saturated carbocycles. The maximum absolute atomic E-state index is 13.5. The number of aryl methyl sites for hydroxylation is 1. The van der Waals surface area contributed by atoms with Crippen LogP contribution in [0.2, 0.25) is 0 Å². The van der Waals surface area contributed by atoms with Gasteiger partial charge in [-0.05, 0) is 36.6 Å². The molecule has 1 aliphatic heterocycles. The van der Waals surface area contributed by atoms with E-state index in [1.54, 1.807) is 6.07 Å². The van der Waals surface area contributed by atoms with Crippen molar-refractivity contribution in [2.45, 2.75) is 36.0 Å². The highest BCUT2D eigenvalue weighted by Gasteiger charge is 2.28. The van der Waals surface area contributed by atoms with E-state index in [4.69, 9.17) is 5.73 Å². The summed E-state index contributed by atoms with van der Waals surface area (Å²) in [5.74, 6) is -0.553. The van der Waals surface area contributed by atoms with Gasteiger partial charge in [-0.1, -0.05) is 34.7 Å². The number of amides is 1. The van der Waals surface area contributed by atoms with Gasteiger partial charge in [0.05, 0.1) is 22.9 Å². The molecule has 4 N–H and O–H groups in total. The maximum atomic E-state index is 13.5. The fourth-order valence-corrected chi connectivity index (χ4v) is 5.37. The Morgan fingerprint density at radius 2 is 2.30 bits per heavy atom. The van der Waals surface area contributed by atoms with Gasteiger partial charge in [0.25, 0.3) is 5.91 Å². The smallest absolute Gasteiger partial charge is 0.261 e. The largest absolute Gasteiger partial charge is 0.387 e. The number of halogens is 2. The first kappa shape index (κ1) is 21.4. The number of nitrogens with zero attached hydrogens (tertiary/aromatic N) is 2. The van der Waals surface area contributed by atoms with Gasteiger partial charge in [0.2, 0.25) is 0 Å². The zero-order chi connectivity index (χ0) is 21.3. The molecule has 1 amide bonds. The van der Waals surface area contributed by atoms with Gasteiger partial charge in [-0.15, -0.1) is 11.3 Å². The fraction of sp³-hybridized carbons (Fsp3) is 0.333. The number of aromatic nitrogens is 2. The van der Waals surface area contributed by atoms with E-state index in [2.05, 4.69) is 33.0 Å². The average molecular weight is 540 g/mol. The Morgan fingerprint density at radius 3 is 3.03 bits per heavy atom. The van der Waals surface area contributed by atoms with Gasteiger partial charge >= 0.3 is 0 Å². The number of hydrogen-bond acceptors (Lipinski definition) is 5. The minimum absolute atomic E-state index is 0.238. The molecule has 1 aromatic carbocycles.